The molecular weight excluding hydrogens is 364 g/mol. The SMILES string of the molecule is CN1Cc2nc(N3CCCCC3)nc(-c3ccc(NC(=O)NC4CC4)cc3)c2C1. The van der Waals surface area contributed by atoms with Crippen LogP contribution in [0.2, 0.25) is 0 Å². The fourth-order valence-corrected chi connectivity index (χ4v) is 4.16. The smallest absolute Gasteiger partial charge is 0.319 e. The fraction of sp³-hybridized carbons (Fsp3) is 0.500. The van der Waals surface area contributed by atoms with Gasteiger partial charge in [-0.25, -0.2) is 14.8 Å². The van der Waals surface area contributed by atoms with Crippen molar-refractivity contribution in [2.45, 2.75) is 51.2 Å². The number of carbonyl (C=O) groups excluding carboxylic acids is 1. The molecule has 0 unspecified atom stereocenters. The number of benzene rings is 1. The zero-order valence-corrected chi connectivity index (χ0v) is 16.9. The Bertz CT molecular complexity index is 902. The molecule has 152 valence electrons. The van der Waals surface area contributed by atoms with Crippen LogP contribution in [0.5, 0.6) is 0 Å². The number of carbonyl (C=O) groups is 1. The van der Waals surface area contributed by atoms with Gasteiger partial charge >= 0.3 is 6.03 Å². The van der Waals surface area contributed by atoms with E-state index in [-0.39, 0.29) is 6.03 Å². The Kier molecular flexibility index (Phi) is 4.83. The van der Waals surface area contributed by atoms with Crippen molar-refractivity contribution >= 4 is 17.7 Å². The standard InChI is InChI=1S/C22H28N6O/c1-27-13-18-19(14-27)25-21(28-11-3-2-4-12-28)26-20(18)15-5-7-16(8-6-15)23-22(29)24-17-9-10-17/h5-8,17H,2-4,9-14H2,1H3,(H2,23,24,29). The number of nitrogens with zero attached hydrogens (tertiary/aromatic N) is 4. The highest BCUT2D eigenvalue weighted by Gasteiger charge is 2.26. The number of rotatable bonds is 4. The molecule has 5 rings (SSSR count). The van der Waals surface area contributed by atoms with Crippen LogP contribution in [0, 0.1) is 0 Å². The highest BCUT2D eigenvalue weighted by Crippen LogP contribution is 2.32. The Morgan fingerprint density at radius 3 is 2.52 bits per heavy atom. The summed E-state index contributed by atoms with van der Waals surface area (Å²) in [6.45, 7) is 3.81. The zero-order chi connectivity index (χ0) is 19.8. The lowest BCUT2D eigenvalue weighted by Crippen LogP contribution is -2.31. The van der Waals surface area contributed by atoms with Gasteiger partial charge in [-0.2, -0.15) is 0 Å². The van der Waals surface area contributed by atoms with Crippen molar-refractivity contribution in [1.29, 1.82) is 0 Å². The van der Waals surface area contributed by atoms with Gasteiger partial charge in [0.2, 0.25) is 5.95 Å². The van der Waals surface area contributed by atoms with Gasteiger partial charge in [0, 0.05) is 49.0 Å². The van der Waals surface area contributed by atoms with Crippen LogP contribution in [0.1, 0.15) is 43.4 Å². The van der Waals surface area contributed by atoms with E-state index in [4.69, 9.17) is 9.97 Å². The lowest BCUT2D eigenvalue weighted by Gasteiger charge is -2.27. The Balaban J connectivity index is 1.41. The third-order valence-electron chi connectivity index (χ3n) is 5.90. The summed E-state index contributed by atoms with van der Waals surface area (Å²) in [7, 11) is 2.12. The zero-order valence-electron chi connectivity index (χ0n) is 16.9. The van der Waals surface area contributed by atoms with E-state index in [1.165, 1.54) is 24.8 Å². The number of piperidine rings is 1. The monoisotopic (exact) mass is 392 g/mol. The predicted molar refractivity (Wildman–Crippen MR) is 114 cm³/mol. The first-order valence-corrected chi connectivity index (χ1v) is 10.7. The largest absolute Gasteiger partial charge is 0.341 e. The summed E-state index contributed by atoms with van der Waals surface area (Å²) in [5.41, 5.74) is 5.26. The van der Waals surface area contributed by atoms with Gasteiger partial charge in [0.05, 0.1) is 11.4 Å². The molecule has 1 aromatic carbocycles. The second kappa shape index (κ2) is 7.63. The van der Waals surface area contributed by atoms with Gasteiger partial charge in [-0.05, 0) is 51.3 Å². The van der Waals surface area contributed by atoms with Crippen LogP contribution >= 0.6 is 0 Å². The number of amides is 2. The van der Waals surface area contributed by atoms with Crippen molar-refractivity contribution in [3.8, 4) is 11.3 Å². The minimum Gasteiger partial charge on any atom is -0.341 e. The molecule has 29 heavy (non-hydrogen) atoms. The van der Waals surface area contributed by atoms with Crippen LogP contribution in [0.15, 0.2) is 24.3 Å². The Hall–Kier alpha value is -2.67. The van der Waals surface area contributed by atoms with E-state index in [1.807, 2.05) is 24.3 Å². The molecule has 0 atom stereocenters. The van der Waals surface area contributed by atoms with Gasteiger partial charge in [0.1, 0.15) is 0 Å². The lowest BCUT2D eigenvalue weighted by atomic mass is 10.1. The fourth-order valence-electron chi connectivity index (χ4n) is 4.16. The maximum Gasteiger partial charge on any atom is 0.319 e. The predicted octanol–water partition coefficient (Wildman–Crippen LogP) is 3.36. The van der Waals surface area contributed by atoms with E-state index < -0.39 is 0 Å². The highest BCUT2D eigenvalue weighted by molar-refractivity contribution is 5.90. The molecule has 1 aromatic heterocycles. The number of nitrogens with one attached hydrogen (secondary N) is 2. The van der Waals surface area contributed by atoms with E-state index in [1.54, 1.807) is 0 Å². The van der Waals surface area contributed by atoms with E-state index in [0.717, 1.165) is 67.6 Å². The van der Waals surface area contributed by atoms with E-state index in [9.17, 15) is 4.79 Å². The van der Waals surface area contributed by atoms with Crippen molar-refractivity contribution in [3.05, 3.63) is 35.5 Å². The lowest BCUT2D eigenvalue weighted by molar-refractivity contribution is 0.251. The summed E-state index contributed by atoms with van der Waals surface area (Å²) >= 11 is 0. The maximum absolute atomic E-state index is 12.0. The Labute approximate surface area is 171 Å². The number of fused-ring (bicyclic) bond motifs is 1. The summed E-state index contributed by atoms with van der Waals surface area (Å²) in [5.74, 6) is 0.861. The molecule has 3 heterocycles. The molecule has 2 fully saturated rings. The summed E-state index contributed by atoms with van der Waals surface area (Å²) in [6.07, 6.45) is 5.87. The van der Waals surface area contributed by atoms with Gasteiger partial charge in [-0.1, -0.05) is 12.1 Å². The number of aromatic nitrogens is 2. The van der Waals surface area contributed by atoms with E-state index >= 15 is 0 Å². The van der Waals surface area contributed by atoms with Crippen LogP contribution in [-0.4, -0.2) is 47.1 Å². The summed E-state index contributed by atoms with van der Waals surface area (Å²) < 4.78 is 0. The van der Waals surface area contributed by atoms with Crippen molar-refractivity contribution in [1.82, 2.24) is 20.2 Å². The van der Waals surface area contributed by atoms with Gasteiger partial charge in [-0.3, -0.25) is 4.90 Å². The topological polar surface area (TPSA) is 73.4 Å². The first-order valence-electron chi connectivity index (χ1n) is 10.7. The van der Waals surface area contributed by atoms with Crippen LogP contribution in [0.25, 0.3) is 11.3 Å². The quantitative estimate of drug-likeness (QED) is 0.835. The number of hydrogen-bond donors (Lipinski definition) is 2. The average molecular weight is 393 g/mol. The van der Waals surface area contributed by atoms with Crippen molar-refractivity contribution in [2.24, 2.45) is 0 Å². The Morgan fingerprint density at radius 1 is 1.03 bits per heavy atom. The molecule has 1 saturated heterocycles. The first-order chi connectivity index (χ1) is 14.2. The molecule has 0 bridgehead atoms. The van der Waals surface area contributed by atoms with Crippen LogP contribution in [0.3, 0.4) is 0 Å². The van der Waals surface area contributed by atoms with Gasteiger partial charge in [0.15, 0.2) is 0 Å². The minimum atomic E-state index is -0.128. The van der Waals surface area contributed by atoms with Crippen LogP contribution < -0.4 is 15.5 Å². The van der Waals surface area contributed by atoms with Crippen LogP contribution in [-0.2, 0) is 13.1 Å². The third kappa shape index (κ3) is 4.05. The number of anilines is 2. The normalized spacial score (nSPS) is 19.1. The molecule has 1 saturated carbocycles. The van der Waals surface area contributed by atoms with E-state index in [0.29, 0.717) is 6.04 Å². The molecular formula is C22H28N6O. The van der Waals surface area contributed by atoms with Crippen molar-refractivity contribution in [3.63, 3.8) is 0 Å². The average Bonchev–Trinajstić information content (AvgIpc) is 3.46. The summed E-state index contributed by atoms with van der Waals surface area (Å²) in [6, 6.07) is 8.23. The van der Waals surface area contributed by atoms with E-state index in [2.05, 4.69) is 27.5 Å². The molecule has 2 aromatic rings. The van der Waals surface area contributed by atoms with Crippen molar-refractivity contribution < 1.29 is 4.79 Å². The summed E-state index contributed by atoms with van der Waals surface area (Å²) in [5, 5.41) is 5.86. The molecule has 0 radical (unpaired) electrons. The molecule has 1 aliphatic carbocycles. The highest BCUT2D eigenvalue weighted by atomic mass is 16.2. The third-order valence-corrected chi connectivity index (χ3v) is 5.90. The molecule has 7 heteroatoms. The number of urea groups is 1. The Morgan fingerprint density at radius 2 is 1.79 bits per heavy atom. The molecule has 2 N–H and O–H groups in total. The van der Waals surface area contributed by atoms with Gasteiger partial charge in [0.25, 0.3) is 0 Å². The molecule has 3 aliphatic rings. The maximum atomic E-state index is 12.0. The minimum absolute atomic E-state index is 0.128. The summed E-state index contributed by atoms with van der Waals surface area (Å²) in [4.78, 5) is 26.5. The number of hydrogen-bond acceptors (Lipinski definition) is 5. The van der Waals surface area contributed by atoms with Gasteiger partial charge < -0.3 is 15.5 Å². The molecule has 2 amide bonds. The van der Waals surface area contributed by atoms with Crippen LogP contribution in [0.4, 0.5) is 16.4 Å². The first kappa shape index (κ1) is 18.4. The molecule has 2 aliphatic heterocycles. The van der Waals surface area contributed by atoms with Crippen molar-refractivity contribution in [2.75, 3.05) is 30.4 Å². The second-order valence-electron chi connectivity index (χ2n) is 8.47. The van der Waals surface area contributed by atoms with Gasteiger partial charge in [-0.15, -0.1) is 0 Å². The second-order valence-corrected chi connectivity index (χ2v) is 8.47. The molecule has 7 nitrogen and oxygen atoms in total. The molecule has 0 spiro atoms.